The Hall–Kier alpha value is -6.48. The van der Waals surface area contributed by atoms with Crippen molar-refractivity contribution in [2.45, 2.75) is 13.8 Å². The van der Waals surface area contributed by atoms with Crippen molar-refractivity contribution in [1.29, 1.82) is 5.41 Å². The number of nitrogen functional groups attached to an aromatic ring is 1. The van der Waals surface area contributed by atoms with Crippen LogP contribution in [0.4, 0.5) is 38.0 Å². The summed E-state index contributed by atoms with van der Waals surface area (Å²) < 4.78 is 6.46. The summed E-state index contributed by atoms with van der Waals surface area (Å²) in [5.41, 5.74) is 16.9. The summed E-state index contributed by atoms with van der Waals surface area (Å²) in [6.07, 6.45) is 3.16. The van der Waals surface area contributed by atoms with Crippen molar-refractivity contribution in [1.82, 2.24) is 15.3 Å². The number of carbonyl (C=O) groups is 3. The van der Waals surface area contributed by atoms with Gasteiger partial charge in [-0.3, -0.25) is 15.5 Å². The van der Waals surface area contributed by atoms with Crippen LogP contribution in [0.2, 0.25) is 0 Å². The molecule has 1 aromatic heterocycles. The molecule has 5 rings (SSSR count). The Morgan fingerprint density at radius 1 is 0.755 bits per heavy atom. The van der Waals surface area contributed by atoms with Crippen LogP contribution in [-0.2, 0) is 0 Å². The summed E-state index contributed by atoms with van der Waals surface area (Å²) in [5, 5.41) is 20.6. The maximum Gasteiger partial charge on any atom is 0.326 e. The summed E-state index contributed by atoms with van der Waals surface area (Å²) in [6, 6.07) is 20.8. The molecule has 4 aromatic carbocycles. The molecule has 248 valence electrons. The number of ether oxygens (including phenoxy) is 1. The summed E-state index contributed by atoms with van der Waals surface area (Å²) in [5.74, 6) is -0.290. The van der Waals surface area contributed by atoms with E-state index in [1.807, 2.05) is 6.92 Å². The van der Waals surface area contributed by atoms with Crippen LogP contribution in [-0.4, -0.2) is 33.9 Å². The number of urea groups is 2. The SMILES string of the molecule is Cc1cc(NC(=O)NC(=O)c2cccc(-c3ccc(N)c(NC(=O)Nc4ccc(Oc5ncc(Br)cn5)c(C)c4)c3)c2)ccc1NC(=N)N. The van der Waals surface area contributed by atoms with E-state index in [2.05, 4.69) is 52.5 Å². The number of nitrogens with one attached hydrogen (secondary N) is 6. The zero-order valence-electron chi connectivity index (χ0n) is 26.2. The number of nitrogens with zero attached hydrogens (tertiary/aromatic N) is 2. The van der Waals surface area contributed by atoms with E-state index >= 15 is 0 Å². The maximum atomic E-state index is 12.9. The van der Waals surface area contributed by atoms with Crippen LogP contribution in [0.25, 0.3) is 11.1 Å². The van der Waals surface area contributed by atoms with Crippen LogP contribution in [0.1, 0.15) is 21.5 Å². The zero-order chi connectivity index (χ0) is 35.1. The van der Waals surface area contributed by atoms with Crippen LogP contribution in [0.15, 0.2) is 95.7 Å². The lowest BCUT2D eigenvalue weighted by molar-refractivity contribution is 0.0967. The number of carbonyl (C=O) groups excluding carboxylic acids is 3. The number of benzene rings is 4. The standard InChI is InChI=1S/C34H31BrN10O4/c1-18-12-24(7-10-27(18)43-31(37)38)42-33(48)45-30(46)22-5-3-4-20(14-22)21-6-9-26(36)28(15-21)44-32(47)41-25-8-11-29(19(2)13-25)49-34-39-16-23(35)17-40-34/h3-17H,36H2,1-2H3,(H4,37,38,43)(H2,41,44,47)(H2,42,45,46,48). The highest BCUT2D eigenvalue weighted by Gasteiger charge is 2.14. The van der Waals surface area contributed by atoms with Gasteiger partial charge in [-0.05, 0) is 113 Å². The van der Waals surface area contributed by atoms with Gasteiger partial charge in [0.15, 0.2) is 5.96 Å². The van der Waals surface area contributed by atoms with E-state index < -0.39 is 18.0 Å². The molecular weight excluding hydrogens is 692 g/mol. The maximum absolute atomic E-state index is 12.9. The van der Waals surface area contributed by atoms with Gasteiger partial charge >= 0.3 is 18.1 Å². The van der Waals surface area contributed by atoms with Gasteiger partial charge in [0.1, 0.15) is 5.75 Å². The number of guanidine groups is 1. The van der Waals surface area contributed by atoms with Crippen LogP contribution in [0.3, 0.4) is 0 Å². The fraction of sp³-hybridized carbons (Fsp3) is 0.0588. The minimum absolute atomic E-state index is 0.190. The van der Waals surface area contributed by atoms with Gasteiger partial charge in [0, 0.05) is 35.0 Å². The molecule has 0 aliphatic heterocycles. The number of aryl methyl sites for hydroxylation is 2. The summed E-state index contributed by atoms with van der Waals surface area (Å²) in [7, 11) is 0. The third-order valence-electron chi connectivity index (χ3n) is 6.97. The largest absolute Gasteiger partial charge is 0.424 e. The fourth-order valence-electron chi connectivity index (χ4n) is 4.63. The lowest BCUT2D eigenvalue weighted by Crippen LogP contribution is -2.34. The molecule has 0 saturated heterocycles. The highest BCUT2D eigenvalue weighted by molar-refractivity contribution is 9.10. The molecular formula is C34H31BrN10O4. The Morgan fingerprint density at radius 3 is 2.12 bits per heavy atom. The highest BCUT2D eigenvalue weighted by Crippen LogP contribution is 2.29. The van der Waals surface area contributed by atoms with Crippen LogP contribution >= 0.6 is 15.9 Å². The Balaban J connectivity index is 1.21. The molecule has 5 amide bonds. The minimum Gasteiger partial charge on any atom is -0.424 e. The van der Waals surface area contributed by atoms with E-state index in [1.54, 1.807) is 98.2 Å². The number of halogens is 1. The van der Waals surface area contributed by atoms with E-state index in [0.29, 0.717) is 45.3 Å². The van der Waals surface area contributed by atoms with Gasteiger partial charge in [-0.25, -0.2) is 19.6 Å². The van der Waals surface area contributed by atoms with Crippen molar-refractivity contribution in [2.75, 3.05) is 27.0 Å². The first-order chi connectivity index (χ1) is 23.4. The molecule has 5 aromatic rings. The van der Waals surface area contributed by atoms with Crippen molar-refractivity contribution in [2.24, 2.45) is 5.73 Å². The molecule has 0 unspecified atom stereocenters. The number of anilines is 5. The molecule has 0 aliphatic carbocycles. The molecule has 49 heavy (non-hydrogen) atoms. The third-order valence-corrected chi connectivity index (χ3v) is 7.38. The van der Waals surface area contributed by atoms with Crippen molar-refractivity contribution < 1.29 is 19.1 Å². The normalized spacial score (nSPS) is 10.4. The van der Waals surface area contributed by atoms with Gasteiger partial charge in [0.05, 0.1) is 15.8 Å². The second-order valence-electron chi connectivity index (χ2n) is 10.7. The Labute approximate surface area is 289 Å². The van der Waals surface area contributed by atoms with E-state index in [1.165, 1.54) is 0 Å². The summed E-state index contributed by atoms with van der Waals surface area (Å²) in [6.45, 7) is 3.61. The average molecular weight is 724 g/mol. The predicted octanol–water partition coefficient (Wildman–Crippen LogP) is 6.81. The molecule has 10 N–H and O–H groups in total. The van der Waals surface area contributed by atoms with Crippen LogP contribution in [0, 0.1) is 19.3 Å². The topological polar surface area (TPSA) is 222 Å². The minimum atomic E-state index is -0.719. The van der Waals surface area contributed by atoms with Gasteiger partial charge in [-0.2, -0.15) is 0 Å². The molecule has 14 nitrogen and oxygen atoms in total. The number of nitrogens with two attached hydrogens (primary N) is 2. The van der Waals surface area contributed by atoms with E-state index in [0.717, 1.165) is 15.6 Å². The molecule has 0 saturated carbocycles. The molecule has 0 radical (unpaired) electrons. The van der Waals surface area contributed by atoms with Crippen LogP contribution < -0.4 is 42.8 Å². The molecule has 0 atom stereocenters. The number of hydrogen-bond donors (Lipinski definition) is 8. The smallest absolute Gasteiger partial charge is 0.326 e. The Bertz CT molecular complexity index is 2070. The number of amides is 5. The molecule has 0 spiro atoms. The first-order valence-corrected chi connectivity index (χ1v) is 15.4. The third kappa shape index (κ3) is 9.08. The molecule has 0 fully saturated rings. The fourth-order valence-corrected chi connectivity index (χ4v) is 4.83. The molecule has 0 bridgehead atoms. The predicted molar refractivity (Wildman–Crippen MR) is 193 cm³/mol. The van der Waals surface area contributed by atoms with Gasteiger partial charge in [0.25, 0.3) is 5.91 Å². The van der Waals surface area contributed by atoms with Gasteiger partial charge < -0.3 is 37.5 Å². The molecule has 0 aliphatic rings. The Morgan fingerprint density at radius 2 is 1.43 bits per heavy atom. The van der Waals surface area contributed by atoms with Crippen molar-refractivity contribution in [3.05, 3.63) is 112 Å². The molecule has 1 heterocycles. The Kier molecular flexibility index (Phi) is 10.3. The average Bonchev–Trinajstić information content (AvgIpc) is 3.05. The van der Waals surface area contributed by atoms with E-state index in [-0.39, 0.29) is 17.5 Å². The van der Waals surface area contributed by atoms with Crippen LogP contribution in [0.5, 0.6) is 11.8 Å². The summed E-state index contributed by atoms with van der Waals surface area (Å²) in [4.78, 5) is 46.6. The first-order valence-electron chi connectivity index (χ1n) is 14.6. The van der Waals surface area contributed by atoms with Crippen molar-refractivity contribution >= 4 is 68.3 Å². The number of hydrogen-bond acceptors (Lipinski definition) is 8. The lowest BCUT2D eigenvalue weighted by Gasteiger charge is -2.13. The monoisotopic (exact) mass is 722 g/mol. The molecule has 15 heteroatoms. The van der Waals surface area contributed by atoms with Crippen molar-refractivity contribution in [3.8, 4) is 22.9 Å². The van der Waals surface area contributed by atoms with Gasteiger partial charge in [0.2, 0.25) is 0 Å². The zero-order valence-corrected chi connectivity index (χ0v) is 27.8. The second kappa shape index (κ2) is 15.0. The van der Waals surface area contributed by atoms with Gasteiger partial charge in [-0.1, -0.05) is 18.2 Å². The van der Waals surface area contributed by atoms with Gasteiger partial charge in [-0.15, -0.1) is 0 Å². The second-order valence-corrected chi connectivity index (χ2v) is 11.6. The number of rotatable bonds is 8. The first kappa shape index (κ1) is 33.9. The quantitative estimate of drug-likeness (QED) is 0.0478. The van der Waals surface area contributed by atoms with Crippen molar-refractivity contribution in [3.63, 3.8) is 0 Å². The number of aromatic nitrogens is 2. The summed E-state index contributed by atoms with van der Waals surface area (Å²) >= 11 is 3.28. The number of imide groups is 1. The highest BCUT2D eigenvalue weighted by atomic mass is 79.9. The van der Waals surface area contributed by atoms with E-state index in [4.69, 9.17) is 21.6 Å². The van der Waals surface area contributed by atoms with E-state index in [9.17, 15) is 14.4 Å². The lowest BCUT2D eigenvalue weighted by atomic mass is 10.0.